The molecule has 1 nitrogen and oxygen atoms in total. The Balaban J connectivity index is 2.71. The van der Waals surface area contributed by atoms with Gasteiger partial charge in [0.05, 0.1) is 6.54 Å². The van der Waals surface area contributed by atoms with Gasteiger partial charge < -0.3 is 5.32 Å². The van der Waals surface area contributed by atoms with Crippen molar-refractivity contribution in [3.05, 3.63) is 34.3 Å². The molecule has 0 aliphatic rings. The highest BCUT2D eigenvalue weighted by Crippen LogP contribution is 2.10. The van der Waals surface area contributed by atoms with E-state index in [-0.39, 0.29) is 0 Å². The highest BCUT2D eigenvalue weighted by molar-refractivity contribution is 9.10. The SMILES string of the molecule is CNCC#Cc1cccc(Br)c1. The maximum absolute atomic E-state index is 3.39. The number of hydrogen-bond donors (Lipinski definition) is 1. The predicted molar refractivity (Wildman–Crippen MR) is 54.9 cm³/mol. The predicted octanol–water partition coefficient (Wildman–Crippen LogP) is 2.02. The Bertz CT molecular complexity index is 309. The molecule has 0 fully saturated rings. The first-order valence-corrected chi connectivity index (χ1v) is 4.51. The third kappa shape index (κ3) is 3.08. The Morgan fingerprint density at radius 3 is 3.00 bits per heavy atom. The van der Waals surface area contributed by atoms with E-state index in [1.165, 1.54) is 0 Å². The Morgan fingerprint density at radius 2 is 2.33 bits per heavy atom. The molecule has 62 valence electrons. The lowest BCUT2D eigenvalue weighted by atomic mass is 10.2. The Morgan fingerprint density at radius 1 is 1.50 bits per heavy atom. The van der Waals surface area contributed by atoms with E-state index >= 15 is 0 Å². The van der Waals surface area contributed by atoms with Gasteiger partial charge >= 0.3 is 0 Å². The molecule has 1 aromatic carbocycles. The first-order valence-electron chi connectivity index (χ1n) is 3.72. The van der Waals surface area contributed by atoms with Crippen LogP contribution in [0.5, 0.6) is 0 Å². The molecule has 0 aliphatic carbocycles. The lowest BCUT2D eigenvalue weighted by Gasteiger charge is -1.90. The normalized spacial score (nSPS) is 8.83. The smallest absolute Gasteiger partial charge is 0.0577 e. The third-order valence-corrected chi connectivity index (χ3v) is 1.82. The number of halogens is 1. The first-order chi connectivity index (χ1) is 5.83. The Labute approximate surface area is 81.3 Å². The molecule has 0 radical (unpaired) electrons. The molecule has 0 heterocycles. The molecule has 12 heavy (non-hydrogen) atoms. The monoisotopic (exact) mass is 223 g/mol. The van der Waals surface area contributed by atoms with E-state index in [4.69, 9.17) is 0 Å². The molecule has 0 aromatic heterocycles. The summed E-state index contributed by atoms with van der Waals surface area (Å²) in [6.45, 7) is 0.729. The highest BCUT2D eigenvalue weighted by Gasteiger charge is 1.86. The van der Waals surface area contributed by atoms with Crippen LogP contribution in [0.25, 0.3) is 0 Å². The zero-order valence-corrected chi connectivity index (χ0v) is 8.48. The summed E-state index contributed by atoms with van der Waals surface area (Å²) in [7, 11) is 1.88. The van der Waals surface area contributed by atoms with Gasteiger partial charge in [-0.25, -0.2) is 0 Å². The topological polar surface area (TPSA) is 12.0 Å². The van der Waals surface area contributed by atoms with Gasteiger partial charge in [-0.05, 0) is 25.2 Å². The Hall–Kier alpha value is -0.780. The fraction of sp³-hybridized carbons (Fsp3) is 0.200. The molecular weight excluding hydrogens is 214 g/mol. The average molecular weight is 224 g/mol. The molecule has 0 atom stereocenters. The van der Waals surface area contributed by atoms with Crippen LogP contribution in [0.4, 0.5) is 0 Å². The van der Waals surface area contributed by atoms with Crippen LogP contribution in [0.1, 0.15) is 5.56 Å². The maximum atomic E-state index is 3.39. The summed E-state index contributed by atoms with van der Waals surface area (Å²) in [5.74, 6) is 6.04. The van der Waals surface area contributed by atoms with Gasteiger partial charge in [-0.15, -0.1) is 0 Å². The van der Waals surface area contributed by atoms with Crippen LogP contribution in [0.3, 0.4) is 0 Å². The summed E-state index contributed by atoms with van der Waals surface area (Å²) in [6.07, 6.45) is 0. The van der Waals surface area contributed by atoms with Crippen molar-refractivity contribution in [1.82, 2.24) is 5.32 Å². The van der Waals surface area contributed by atoms with Crippen LogP contribution >= 0.6 is 15.9 Å². The van der Waals surface area contributed by atoms with Crippen molar-refractivity contribution in [1.29, 1.82) is 0 Å². The van der Waals surface area contributed by atoms with E-state index in [1.54, 1.807) is 0 Å². The van der Waals surface area contributed by atoms with E-state index < -0.39 is 0 Å². The standard InChI is InChI=1S/C10H10BrN/c1-12-7-3-5-9-4-2-6-10(11)8-9/h2,4,6,8,12H,7H2,1H3. The molecule has 2 heteroatoms. The van der Waals surface area contributed by atoms with E-state index in [1.807, 2.05) is 31.3 Å². The zero-order chi connectivity index (χ0) is 8.81. The first kappa shape index (κ1) is 9.31. The van der Waals surface area contributed by atoms with Crippen LogP contribution in [-0.4, -0.2) is 13.6 Å². The second kappa shape index (κ2) is 4.97. The van der Waals surface area contributed by atoms with E-state index in [9.17, 15) is 0 Å². The minimum Gasteiger partial charge on any atom is -0.309 e. The fourth-order valence-electron chi connectivity index (χ4n) is 0.801. The van der Waals surface area contributed by atoms with Crippen molar-refractivity contribution in [3.63, 3.8) is 0 Å². The summed E-state index contributed by atoms with van der Waals surface area (Å²) >= 11 is 3.39. The van der Waals surface area contributed by atoms with Crippen molar-refractivity contribution in [2.45, 2.75) is 0 Å². The fourth-order valence-corrected chi connectivity index (χ4v) is 1.20. The van der Waals surface area contributed by atoms with Crippen LogP contribution in [-0.2, 0) is 0 Å². The van der Waals surface area contributed by atoms with Crippen molar-refractivity contribution in [3.8, 4) is 11.8 Å². The van der Waals surface area contributed by atoms with E-state index in [0.29, 0.717) is 0 Å². The molecule has 0 spiro atoms. The molecule has 1 rings (SSSR count). The summed E-state index contributed by atoms with van der Waals surface area (Å²) in [4.78, 5) is 0. The van der Waals surface area contributed by atoms with Gasteiger partial charge in [0.25, 0.3) is 0 Å². The summed E-state index contributed by atoms with van der Waals surface area (Å²) in [5.41, 5.74) is 1.04. The summed E-state index contributed by atoms with van der Waals surface area (Å²) < 4.78 is 1.07. The quantitative estimate of drug-likeness (QED) is 0.719. The largest absolute Gasteiger partial charge is 0.309 e. The van der Waals surface area contributed by atoms with Gasteiger partial charge in [-0.3, -0.25) is 0 Å². The van der Waals surface area contributed by atoms with E-state index in [2.05, 4.69) is 33.1 Å². The molecule has 0 bridgehead atoms. The maximum Gasteiger partial charge on any atom is 0.0577 e. The number of rotatable bonds is 1. The lowest BCUT2D eigenvalue weighted by molar-refractivity contribution is 0.938. The van der Waals surface area contributed by atoms with Gasteiger partial charge in [0.1, 0.15) is 0 Å². The molecule has 0 saturated carbocycles. The van der Waals surface area contributed by atoms with Gasteiger partial charge in [-0.1, -0.05) is 33.8 Å². The van der Waals surface area contributed by atoms with Crippen molar-refractivity contribution in [2.75, 3.05) is 13.6 Å². The van der Waals surface area contributed by atoms with E-state index in [0.717, 1.165) is 16.6 Å². The van der Waals surface area contributed by atoms with Crippen LogP contribution < -0.4 is 5.32 Å². The van der Waals surface area contributed by atoms with Gasteiger partial charge in [0, 0.05) is 10.0 Å². The molecule has 1 N–H and O–H groups in total. The zero-order valence-electron chi connectivity index (χ0n) is 6.89. The summed E-state index contributed by atoms with van der Waals surface area (Å²) in [5, 5.41) is 2.97. The molecule has 0 unspecified atom stereocenters. The van der Waals surface area contributed by atoms with Gasteiger partial charge in [0.2, 0.25) is 0 Å². The minimum absolute atomic E-state index is 0.729. The second-order valence-electron chi connectivity index (χ2n) is 2.34. The molecule has 0 aliphatic heterocycles. The summed E-state index contributed by atoms with van der Waals surface area (Å²) in [6, 6.07) is 7.97. The van der Waals surface area contributed by atoms with Gasteiger partial charge in [-0.2, -0.15) is 0 Å². The molecule has 0 saturated heterocycles. The minimum atomic E-state index is 0.729. The average Bonchev–Trinajstić information content (AvgIpc) is 2.05. The second-order valence-corrected chi connectivity index (χ2v) is 3.26. The highest BCUT2D eigenvalue weighted by atomic mass is 79.9. The molecule has 1 aromatic rings. The number of benzene rings is 1. The molecule has 0 amide bonds. The third-order valence-electron chi connectivity index (χ3n) is 1.32. The molecular formula is C10H10BrN. The van der Waals surface area contributed by atoms with Crippen molar-refractivity contribution < 1.29 is 0 Å². The van der Waals surface area contributed by atoms with Crippen LogP contribution in [0, 0.1) is 11.8 Å². The van der Waals surface area contributed by atoms with Crippen LogP contribution in [0.15, 0.2) is 28.7 Å². The Kier molecular flexibility index (Phi) is 3.86. The number of nitrogens with one attached hydrogen (secondary N) is 1. The number of hydrogen-bond acceptors (Lipinski definition) is 1. The van der Waals surface area contributed by atoms with Crippen molar-refractivity contribution in [2.24, 2.45) is 0 Å². The van der Waals surface area contributed by atoms with Gasteiger partial charge in [0.15, 0.2) is 0 Å². The van der Waals surface area contributed by atoms with Crippen molar-refractivity contribution >= 4 is 15.9 Å². The van der Waals surface area contributed by atoms with Crippen LogP contribution in [0.2, 0.25) is 0 Å². The lowest BCUT2D eigenvalue weighted by Crippen LogP contribution is -2.04.